The molecule has 2 unspecified atom stereocenters. The molecule has 0 aromatic heterocycles. The average Bonchev–Trinajstić information content (AvgIpc) is 2.46. The normalized spacial score (nSPS) is 13.9. The van der Waals surface area contributed by atoms with Crippen LogP contribution in [0, 0.1) is 0 Å². The third kappa shape index (κ3) is 3.11. The fourth-order valence-electron chi connectivity index (χ4n) is 2.13. The topological polar surface area (TPSA) is 38.0 Å². The molecule has 0 aliphatic heterocycles. The van der Waals surface area contributed by atoms with E-state index in [4.69, 9.17) is 5.73 Å². The van der Waals surface area contributed by atoms with Crippen LogP contribution >= 0.6 is 0 Å². The Balaban J connectivity index is 2.09. The van der Waals surface area contributed by atoms with Gasteiger partial charge in [-0.05, 0) is 17.7 Å². The molecule has 0 saturated heterocycles. The number of para-hydroxylation sites is 1. The fourth-order valence-corrected chi connectivity index (χ4v) is 2.13. The molecule has 0 radical (unpaired) electrons. The lowest BCUT2D eigenvalue weighted by molar-refractivity contribution is 0.611. The summed E-state index contributed by atoms with van der Waals surface area (Å²) in [7, 11) is 0. The molecule has 94 valence electrons. The van der Waals surface area contributed by atoms with Crippen molar-refractivity contribution in [3.63, 3.8) is 0 Å². The van der Waals surface area contributed by atoms with Gasteiger partial charge in [-0.15, -0.1) is 0 Å². The largest absolute Gasteiger partial charge is 0.380 e. The Hall–Kier alpha value is -1.80. The first-order valence-electron chi connectivity index (χ1n) is 6.38. The second kappa shape index (κ2) is 6.22. The highest BCUT2D eigenvalue weighted by atomic mass is 14.9. The van der Waals surface area contributed by atoms with Gasteiger partial charge in [-0.2, -0.15) is 0 Å². The van der Waals surface area contributed by atoms with Crippen LogP contribution < -0.4 is 11.1 Å². The Labute approximate surface area is 109 Å². The summed E-state index contributed by atoms with van der Waals surface area (Å²) in [6.45, 7) is 2.83. The van der Waals surface area contributed by atoms with Gasteiger partial charge in [0.2, 0.25) is 0 Å². The first-order valence-corrected chi connectivity index (χ1v) is 6.38. The van der Waals surface area contributed by atoms with Gasteiger partial charge >= 0.3 is 0 Å². The van der Waals surface area contributed by atoms with Gasteiger partial charge in [-0.3, -0.25) is 0 Å². The maximum absolute atomic E-state index is 5.90. The molecule has 2 nitrogen and oxygen atoms in total. The second-order valence-corrected chi connectivity index (χ2v) is 4.55. The van der Waals surface area contributed by atoms with Gasteiger partial charge in [0, 0.05) is 24.2 Å². The molecule has 0 heterocycles. The van der Waals surface area contributed by atoms with Gasteiger partial charge in [0.15, 0.2) is 0 Å². The number of nitrogens with two attached hydrogens (primary N) is 1. The summed E-state index contributed by atoms with van der Waals surface area (Å²) in [4.78, 5) is 0. The van der Waals surface area contributed by atoms with E-state index in [0.717, 1.165) is 5.69 Å². The summed E-state index contributed by atoms with van der Waals surface area (Å²) in [5.74, 6) is 0.386. The van der Waals surface area contributed by atoms with E-state index in [1.54, 1.807) is 0 Å². The summed E-state index contributed by atoms with van der Waals surface area (Å²) in [6.07, 6.45) is 0. The van der Waals surface area contributed by atoms with Crippen molar-refractivity contribution in [1.29, 1.82) is 0 Å². The Bertz CT molecular complexity index is 453. The smallest absolute Gasteiger partial charge is 0.0449 e. The van der Waals surface area contributed by atoms with Crippen LogP contribution in [-0.4, -0.2) is 12.6 Å². The van der Waals surface area contributed by atoms with Crippen LogP contribution in [0.5, 0.6) is 0 Å². The first-order chi connectivity index (χ1) is 8.81. The van der Waals surface area contributed by atoms with Gasteiger partial charge in [-0.1, -0.05) is 55.5 Å². The molecule has 0 spiro atoms. The average molecular weight is 240 g/mol. The third-order valence-corrected chi connectivity index (χ3v) is 3.31. The van der Waals surface area contributed by atoms with E-state index >= 15 is 0 Å². The van der Waals surface area contributed by atoms with E-state index in [2.05, 4.69) is 48.6 Å². The van der Waals surface area contributed by atoms with Gasteiger partial charge in [0.05, 0.1) is 0 Å². The zero-order valence-electron chi connectivity index (χ0n) is 10.7. The van der Waals surface area contributed by atoms with Crippen molar-refractivity contribution >= 4 is 5.69 Å². The SMILES string of the molecule is CC(c1ccccc1)C(CN)Nc1ccccc1. The number of hydrogen-bond donors (Lipinski definition) is 2. The minimum Gasteiger partial charge on any atom is -0.380 e. The van der Waals surface area contributed by atoms with Crippen LogP contribution in [-0.2, 0) is 0 Å². The zero-order chi connectivity index (χ0) is 12.8. The van der Waals surface area contributed by atoms with Crippen LogP contribution in [0.3, 0.4) is 0 Å². The summed E-state index contributed by atoms with van der Waals surface area (Å²) < 4.78 is 0. The van der Waals surface area contributed by atoms with Crippen LogP contribution in [0.1, 0.15) is 18.4 Å². The molecule has 2 heteroatoms. The Morgan fingerprint density at radius 2 is 1.50 bits per heavy atom. The zero-order valence-corrected chi connectivity index (χ0v) is 10.7. The van der Waals surface area contributed by atoms with Crippen LogP contribution in [0.4, 0.5) is 5.69 Å². The number of benzene rings is 2. The molecule has 2 aromatic carbocycles. The Morgan fingerprint density at radius 1 is 0.944 bits per heavy atom. The first kappa shape index (κ1) is 12.7. The van der Waals surface area contributed by atoms with Crippen molar-refractivity contribution in [2.24, 2.45) is 5.73 Å². The lowest BCUT2D eigenvalue weighted by atomic mass is 9.93. The second-order valence-electron chi connectivity index (χ2n) is 4.55. The van der Waals surface area contributed by atoms with E-state index < -0.39 is 0 Å². The Kier molecular flexibility index (Phi) is 4.37. The van der Waals surface area contributed by atoms with E-state index in [9.17, 15) is 0 Å². The summed E-state index contributed by atoms with van der Waals surface area (Å²) in [5, 5.41) is 3.50. The Morgan fingerprint density at radius 3 is 2.06 bits per heavy atom. The highest BCUT2D eigenvalue weighted by Gasteiger charge is 2.16. The van der Waals surface area contributed by atoms with E-state index in [-0.39, 0.29) is 6.04 Å². The fraction of sp³-hybridized carbons (Fsp3) is 0.250. The molecule has 0 aliphatic rings. The third-order valence-electron chi connectivity index (χ3n) is 3.31. The van der Waals surface area contributed by atoms with E-state index in [1.165, 1.54) is 5.56 Å². The van der Waals surface area contributed by atoms with Crippen molar-refractivity contribution < 1.29 is 0 Å². The van der Waals surface area contributed by atoms with Crippen molar-refractivity contribution in [3.8, 4) is 0 Å². The molecule has 2 atom stereocenters. The monoisotopic (exact) mass is 240 g/mol. The lowest BCUT2D eigenvalue weighted by Gasteiger charge is -2.25. The van der Waals surface area contributed by atoms with Crippen LogP contribution in [0.15, 0.2) is 60.7 Å². The van der Waals surface area contributed by atoms with Gasteiger partial charge in [0.25, 0.3) is 0 Å². The summed E-state index contributed by atoms with van der Waals surface area (Å²) in [5.41, 5.74) is 8.33. The van der Waals surface area contributed by atoms with Crippen LogP contribution in [0.25, 0.3) is 0 Å². The maximum Gasteiger partial charge on any atom is 0.0449 e. The predicted octanol–water partition coefficient (Wildman–Crippen LogP) is 3.23. The molecule has 18 heavy (non-hydrogen) atoms. The molecule has 0 fully saturated rings. The van der Waals surface area contributed by atoms with Gasteiger partial charge in [-0.25, -0.2) is 0 Å². The van der Waals surface area contributed by atoms with Crippen molar-refractivity contribution in [1.82, 2.24) is 0 Å². The molecule has 2 aromatic rings. The number of anilines is 1. The van der Waals surface area contributed by atoms with Crippen molar-refractivity contribution in [2.45, 2.75) is 18.9 Å². The molecular weight excluding hydrogens is 220 g/mol. The quantitative estimate of drug-likeness (QED) is 0.842. The molecule has 3 N–H and O–H groups in total. The number of rotatable bonds is 5. The molecule has 0 amide bonds. The highest BCUT2D eigenvalue weighted by molar-refractivity contribution is 5.44. The van der Waals surface area contributed by atoms with E-state index in [0.29, 0.717) is 12.5 Å². The summed E-state index contributed by atoms with van der Waals surface area (Å²) >= 11 is 0. The van der Waals surface area contributed by atoms with Gasteiger partial charge < -0.3 is 11.1 Å². The molecule has 2 rings (SSSR count). The van der Waals surface area contributed by atoms with Crippen molar-refractivity contribution in [2.75, 3.05) is 11.9 Å². The standard InChI is InChI=1S/C16H20N2/c1-13(14-8-4-2-5-9-14)16(12-17)18-15-10-6-3-7-11-15/h2-11,13,16,18H,12,17H2,1H3. The van der Waals surface area contributed by atoms with Gasteiger partial charge in [0.1, 0.15) is 0 Å². The molecular formula is C16H20N2. The minimum atomic E-state index is 0.245. The number of nitrogens with one attached hydrogen (secondary N) is 1. The van der Waals surface area contributed by atoms with Crippen LogP contribution in [0.2, 0.25) is 0 Å². The minimum absolute atomic E-state index is 0.245. The summed E-state index contributed by atoms with van der Waals surface area (Å²) in [6, 6.07) is 21.0. The maximum atomic E-state index is 5.90. The predicted molar refractivity (Wildman–Crippen MR) is 77.8 cm³/mol. The molecule has 0 saturated carbocycles. The molecule has 0 aliphatic carbocycles. The van der Waals surface area contributed by atoms with Crippen molar-refractivity contribution in [3.05, 3.63) is 66.2 Å². The highest BCUT2D eigenvalue weighted by Crippen LogP contribution is 2.21. The molecule has 0 bridgehead atoms. The number of hydrogen-bond acceptors (Lipinski definition) is 2. The van der Waals surface area contributed by atoms with E-state index in [1.807, 2.05) is 24.3 Å². The lowest BCUT2D eigenvalue weighted by Crippen LogP contribution is -2.33.